The molecular formula is C22H28N2O4. The Morgan fingerprint density at radius 2 is 1.57 bits per heavy atom. The Morgan fingerprint density at radius 3 is 2.11 bits per heavy atom. The summed E-state index contributed by atoms with van der Waals surface area (Å²) in [5.74, 6) is 0.288. The maximum atomic E-state index is 12.9. The van der Waals surface area contributed by atoms with E-state index in [0.717, 1.165) is 16.8 Å². The highest BCUT2D eigenvalue weighted by molar-refractivity contribution is 6.02. The van der Waals surface area contributed by atoms with Crippen molar-refractivity contribution in [3.8, 4) is 11.5 Å². The number of aryl methyl sites for hydroxylation is 1. The molecule has 6 nitrogen and oxygen atoms in total. The molecule has 1 unspecified atom stereocenters. The van der Waals surface area contributed by atoms with Gasteiger partial charge in [-0.1, -0.05) is 26.0 Å². The average molecular weight is 384 g/mol. The summed E-state index contributed by atoms with van der Waals surface area (Å²) in [5, 5.41) is 5.76. The Kier molecular flexibility index (Phi) is 7.04. The number of benzene rings is 2. The third-order valence-electron chi connectivity index (χ3n) is 4.71. The fraction of sp³-hybridized carbons (Fsp3) is 0.364. The molecule has 150 valence electrons. The minimum atomic E-state index is -0.690. The zero-order chi connectivity index (χ0) is 20.8. The highest BCUT2D eigenvalue weighted by atomic mass is 16.5. The van der Waals surface area contributed by atoms with Gasteiger partial charge in [-0.05, 0) is 49.1 Å². The molecule has 6 heteroatoms. The SMILES string of the molecule is COc1cc(OC)cc(C(=O)NC(C(=O)Nc2cccc(C)c2C)C(C)C)c1. The summed E-state index contributed by atoms with van der Waals surface area (Å²) >= 11 is 0. The van der Waals surface area contributed by atoms with Gasteiger partial charge in [0.2, 0.25) is 5.91 Å². The van der Waals surface area contributed by atoms with Crippen LogP contribution in [0.2, 0.25) is 0 Å². The summed E-state index contributed by atoms with van der Waals surface area (Å²) in [6.45, 7) is 7.72. The number of carbonyl (C=O) groups is 2. The lowest BCUT2D eigenvalue weighted by atomic mass is 10.0. The van der Waals surface area contributed by atoms with Gasteiger partial charge in [-0.15, -0.1) is 0 Å². The average Bonchev–Trinajstić information content (AvgIpc) is 2.68. The topological polar surface area (TPSA) is 76.7 Å². The van der Waals surface area contributed by atoms with Crippen molar-refractivity contribution < 1.29 is 19.1 Å². The van der Waals surface area contributed by atoms with Gasteiger partial charge < -0.3 is 20.1 Å². The van der Waals surface area contributed by atoms with Crippen LogP contribution in [0.5, 0.6) is 11.5 Å². The largest absolute Gasteiger partial charge is 0.497 e. The van der Waals surface area contributed by atoms with Gasteiger partial charge in [0, 0.05) is 17.3 Å². The Balaban J connectivity index is 2.21. The number of nitrogens with one attached hydrogen (secondary N) is 2. The molecule has 0 fully saturated rings. The van der Waals surface area contributed by atoms with Crippen LogP contribution in [0, 0.1) is 19.8 Å². The molecule has 1 atom stereocenters. The number of methoxy groups -OCH3 is 2. The lowest BCUT2D eigenvalue weighted by Crippen LogP contribution is -2.47. The first-order valence-electron chi connectivity index (χ1n) is 9.17. The van der Waals surface area contributed by atoms with Gasteiger partial charge in [0.1, 0.15) is 17.5 Å². The summed E-state index contributed by atoms with van der Waals surface area (Å²) in [5.41, 5.74) is 3.20. The Bertz CT molecular complexity index is 839. The van der Waals surface area contributed by atoms with Gasteiger partial charge in [0.15, 0.2) is 0 Å². The summed E-state index contributed by atoms with van der Waals surface area (Å²) in [6, 6.07) is 9.95. The zero-order valence-corrected chi connectivity index (χ0v) is 17.3. The molecule has 0 heterocycles. The fourth-order valence-electron chi connectivity index (χ4n) is 2.80. The molecule has 2 amide bonds. The van der Waals surface area contributed by atoms with Gasteiger partial charge in [-0.2, -0.15) is 0 Å². The van der Waals surface area contributed by atoms with Crippen molar-refractivity contribution in [2.24, 2.45) is 5.92 Å². The molecule has 2 aromatic carbocycles. The van der Waals surface area contributed by atoms with E-state index in [9.17, 15) is 9.59 Å². The van der Waals surface area contributed by atoms with Crippen molar-refractivity contribution in [1.82, 2.24) is 5.32 Å². The van der Waals surface area contributed by atoms with Crippen molar-refractivity contribution in [1.29, 1.82) is 0 Å². The number of hydrogen-bond acceptors (Lipinski definition) is 4. The first kappa shape index (κ1) is 21.3. The van der Waals surface area contributed by atoms with E-state index in [0.29, 0.717) is 17.1 Å². The van der Waals surface area contributed by atoms with Crippen LogP contribution >= 0.6 is 0 Å². The first-order chi connectivity index (χ1) is 13.3. The maximum Gasteiger partial charge on any atom is 0.252 e. The fourth-order valence-corrected chi connectivity index (χ4v) is 2.80. The minimum absolute atomic E-state index is 0.0958. The van der Waals surface area contributed by atoms with E-state index in [1.165, 1.54) is 14.2 Å². The standard InChI is InChI=1S/C22H28N2O4/c1-13(2)20(22(26)23-19-9-7-8-14(3)15(19)4)24-21(25)16-10-17(27-5)12-18(11-16)28-6/h7-13,20H,1-6H3,(H,23,26)(H,24,25). The second-order valence-electron chi connectivity index (χ2n) is 7.03. The lowest BCUT2D eigenvalue weighted by Gasteiger charge is -2.23. The normalized spacial score (nSPS) is 11.7. The van der Waals surface area contributed by atoms with Gasteiger partial charge in [0.05, 0.1) is 14.2 Å². The van der Waals surface area contributed by atoms with Crippen LogP contribution in [-0.4, -0.2) is 32.1 Å². The number of ether oxygens (including phenoxy) is 2. The van der Waals surface area contributed by atoms with Gasteiger partial charge >= 0.3 is 0 Å². The third kappa shape index (κ3) is 5.03. The van der Waals surface area contributed by atoms with E-state index < -0.39 is 6.04 Å². The van der Waals surface area contributed by atoms with Crippen LogP contribution in [0.15, 0.2) is 36.4 Å². The Labute approximate surface area is 166 Å². The highest BCUT2D eigenvalue weighted by Gasteiger charge is 2.25. The maximum absolute atomic E-state index is 12.9. The third-order valence-corrected chi connectivity index (χ3v) is 4.71. The van der Waals surface area contributed by atoms with Gasteiger partial charge in [0.25, 0.3) is 5.91 Å². The van der Waals surface area contributed by atoms with E-state index in [2.05, 4.69) is 10.6 Å². The smallest absolute Gasteiger partial charge is 0.252 e. The summed E-state index contributed by atoms with van der Waals surface area (Å²) in [7, 11) is 3.04. The molecule has 2 rings (SSSR count). The van der Waals surface area contributed by atoms with Crippen LogP contribution < -0.4 is 20.1 Å². The number of anilines is 1. The van der Waals surface area contributed by atoms with Crippen LogP contribution in [0.3, 0.4) is 0 Å². The highest BCUT2D eigenvalue weighted by Crippen LogP contribution is 2.23. The number of rotatable bonds is 7. The molecule has 0 saturated carbocycles. The Hall–Kier alpha value is -3.02. The molecular weight excluding hydrogens is 356 g/mol. The predicted octanol–water partition coefficient (Wildman–Crippen LogP) is 3.71. The first-order valence-corrected chi connectivity index (χ1v) is 9.17. The van der Waals surface area contributed by atoms with Crippen molar-refractivity contribution in [3.63, 3.8) is 0 Å². The van der Waals surface area contributed by atoms with Crippen molar-refractivity contribution in [2.75, 3.05) is 19.5 Å². The van der Waals surface area contributed by atoms with Crippen molar-refractivity contribution in [3.05, 3.63) is 53.1 Å². The second kappa shape index (κ2) is 9.26. The molecule has 2 aromatic rings. The number of amides is 2. The summed E-state index contributed by atoms with van der Waals surface area (Å²) in [4.78, 5) is 25.6. The molecule has 0 aliphatic heterocycles. The quantitative estimate of drug-likeness (QED) is 0.763. The summed E-state index contributed by atoms with van der Waals surface area (Å²) in [6.07, 6.45) is 0. The molecule has 0 aliphatic carbocycles. The van der Waals surface area contributed by atoms with Crippen LogP contribution in [0.1, 0.15) is 35.3 Å². The lowest BCUT2D eigenvalue weighted by molar-refractivity contribution is -0.118. The molecule has 0 spiro atoms. The van der Waals surface area contributed by atoms with Crippen molar-refractivity contribution in [2.45, 2.75) is 33.7 Å². The van der Waals surface area contributed by atoms with E-state index >= 15 is 0 Å². The van der Waals surface area contributed by atoms with E-state index in [-0.39, 0.29) is 17.7 Å². The van der Waals surface area contributed by atoms with Gasteiger partial charge in [-0.3, -0.25) is 9.59 Å². The zero-order valence-electron chi connectivity index (χ0n) is 17.3. The second-order valence-corrected chi connectivity index (χ2v) is 7.03. The molecule has 28 heavy (non-hydrogen) atoms. The van der Waals surface area contributed by atoms with Gasteiger partial charge in [-0.25, -0.2) is 0 Å². The van der Waals surface area contributed by atoms with Crippen LogP contribution in [-0.2, 0) is 4.79 Å². The van der Waals surface area contributed by atoms with Crippen LogP contribution in [0.4, 0.5) is 5.69 Å². The summed E-state index contributed by atoms with van der Waals surface area (Å²) < 4.78 is 10.4. The molecule has 0 aliphatic rings. The van der Waals surface area contributed by atoms with E-state index in [1.54, 1.807) is 18.2 Å². The minimum Gasteiger partial charge on any atom is -0.497 e. The van der Waals surface area contributed by atoms with Crippen LogP contribution in [0.25, 0.3) is 0 Å². The number of carbonyl (C=O) groups excluding carboxylic acids is 2. The Morgan fingerprint density at radius 1 is 0.964 bits per heavy atom. The molecule has 0 bridgehead atoms. The van der Waals surface area contributed by atoms with Crippen molar-refractivity contribution >= 4 is 17.5 Å². The number of hydrogen-bond donors (Lipinski definition) is 2. The van der Waals surface area contributed by atoms with E-state index in [1.807, 2.05) is 45.9 Å². The molecule has 2 N–H and O–H groups in total. The molecule has 0 saturated heterocycles. The predicted molar refractivity (Wildman–Crippen MR) is 110 cm³/mol. The monoisotopic (exact) mass is 384 g/mol. The molecule has 0 aromatic heterocycles. The van der Waals surface area contributed by atoms with E-state index in [4.69, 9.17) is 9.47 Å². The molecule has 0 radical (unpaired) electrons.